The van der Waals surface area contributed by atoms with Gasteiger partial charge in [-0.3, -0.25) is 4.79 Å². The van der Waals surface area contributed by atoms with Gasteiger partial charge in [0, 0.05) is 12.6 Å². The largest absolute Gasteiger partial charge is 0.347 e. The van der Waals surface area contributed by atoms with Crippen molar-refractivity contribution in [2.45, 2.75) is 18.9 Å². The topological polar surface area (TPSA) is 32.3 Å². The van der Waals surface area contributed by atoms with Crippen molar-refractivity contribution in [3.63, 3.8) is 0 Å². The molecule has 3 aliphatic heterocycles. The molecule has 0 unspecified atom stereocenters. The molecule has 1 amide bonds. The molecule has 3 aliphatic rings. The Morgan fingerprint density at radius 2 is 2.18 bits per heavy atom. The number of carbonyl (C=O) groups is 1. The highest BCUT2D eigenvalue weighted by Crippen LogP contribution is 2.28. The van der Waals surface area contributed by atoms with Crippen molar-refractivity contribution in [3.8, 4) is 0 Å². The smallest absolute Gasteiger partial charge is 0.261 e. The average Bonchev–Trinajstić information content (AvgIpc) is 2.77. The molecule has 2 bridgehead atoms. The van der Waals surface area contributed by atoms with E-state index in [9.17, 15) is 4.79 Å². The van der Waals surface area contributed by atoms with Crippen molar-refractivity contribution in [2.75, 3.05) is 19.6 Å². The summed E-state index contributed by atoms with van der Waals surface area (Å²) in [5.74, 6) is 0.770. The zero-order chi connectivity index (χ0) is 11.8. The van der Waals surface area contributed by atoms with E-state index in [1.165, 1.54) is 37.3 Å². The summed E-state index contributed by atoms with van der Waals surface area (Å²) in [6.07, 6.45) is 2.47. The average molecular weight is 315 g/mol. The Labute approximate surface area is 113 Å². The second kappa shape index (κ2) is 4.71. The van der Waals surface area contributed by atoms with Gasteiger partial charge in [-0.25, -0.2) is 0 Å². The van der Waals surface area contributed by atoms with Gasteiger partial charge >= 0.3 is 0 Å². The number of halogens is 1. The van der Waals surface area contributed by atoms with Crippen LogP contribution in [0.2, 0.25) is 0 Å². The first-order chi connectivity index (χ1) is 8.22. The van der Waals surface area contributed by atoms with Crippen LogP contribution < -0.4 is 5.32 Å². The van der Waals surface area contributed by atoms with E-state index < -0.39 is 0 Å². The van der Waals surface area contributed by atoms with Crippen LogP contribution in [0.25, 0.3) is 0 Å². The van der Waals surface area contributed by atoms with Gasteiger partial charge in [0.05, 0.1) is 8.66 Å². The van der Waals surface area contributed by atoms with Gasteiger partial charge in [-0.2, -0.15) is 0 Å². The lowest BCUT2D eigenvalue weighted by Crippen LogP contribution is -2.57. The van der Waals surface area contributed by atoms with Crippen LogP contribution in [-0.4, -0.2) is 36.5 Å². The molecule has 1 aromatic heterocycles. The maximum absolute atomic E-state index is 12.1. The fourth-order valence-corrected chi connectivity index (χ4v) is 4.09. The number of rotatable bonds is 2. The van der Waals surface area contributed by atoms with Crippen molar-refractivity contribution < 1.29 is 4.79 Å². The molecule has 0 aliphatic carbocycles. The highest BCUT2D eigenvalue weighted by Gasteiger charge is 2.35. The van der Waals surface area contributed by atoms with Crippen LogP contribution in [0.15, 0.2) is 15.9 Å². The van der Waals surface area contributed by atoms with E-state index in [0.717, 1.165) is 15.2 Å². The number of thiophene rings is 1. The van der Waals surface area contributed by atoms with E-state index in [2.05, 4.69) is 26.1 Å². The third-order valence-corrected chi connectivity index (χ3v) is 5.39. The van der Waals surface area contributed by atoms with Crippen molar-refractivity contribution in [2.24, 2.45) is 5.92 Å². The second-order valence-electron chi connectivity index (χ2n) is 4.82. The molecule has 1 aromatic rings. The number of amides is 1. The molecule has 3 fully saturated rings. The Bertz CT molecular complexity index is 426. The number of hydrogen-bond donors (Lipinski definition) is 1. The fourth-order valence-electron chi connectivity index (χ4n) is 2.80. The Kier molecular flexibility index (Phi) is 3.23. The minimum Gasteiger partial charge on any atom is -0.347 e. The molecule has 0 spiro atoms. The van der Waals surface area contributed by atoms with Gasteiger partial charge in [0.15, 0.2) is 0 Å². The first-order valence-corrected chi connectivity index (χ1v) is 7.62. The summed E-state index contributed by atoms with van der Waals surface area (Å²) in [6.45, 7) is 3.45. The van der Waals surface area contributed by atoms with Crippen LogP contribution in [0, 0.1) is 5.92 Å². The van der Waals surface area contributed by atoms with Gasteiger partial charge in [-0.15, -0.1) is 11.3 Å². The monoisotopic (exact) mass is 314 g/mol. The van der Waals surface area contributed by atoms with Crippen molar-refractivity contribution >= 4 is 33.2 Å². The third-order valence-electron chi connectivity index (χ3n) is 3.77. The van der Waals surface area contributed by atoms with E-state index in [1.54, 1.807) is 0 Å². The third kappa shape index (κ3) is 2.41. The number of fused-ring (bicyclic) bond motifs is 3. The SMILES string of the molecule is O=C(N[C@H]1CN2CCC1CC2)c1ccc(Br)s1. The molecule has 4 heterocycles. The summed E-state index contributed by atoms with van der Waals surface area (Å²) >= 11 is 4.88. The Morgan fingerprint density at radius 3 is 2.71 bits per heavy atom. The van der Waals surface area contributed by atoms with Gasteiger partial charge in [0.1, 0.15) is 0 Å². The number of nitrogens with one attached hydrogen (secondary N) is 1. The van der Waals surface area contributed by atoms with E-state index >= 15 is 0 Å². The Balaban J connectivity index is 1.65. The molecule has 17 heavy (non-hydrogen) atoms. The number of hydrogen-bond acceptors (Lipinski definition) is 3. The molecule has 1 N–H and O–H groups in total. The molecule has 0 saturated carbocycles. The second-order valence-corrected chi connectivity index (χ2v) is 7.28. The number of carbonyl (C=O) groups excluding carboxylic acids is 1. The molecule has 3 saturated heterocycles. The summed E-state index contributed by atoms with van der Waals surface area (Å²) in [6, 6.07) is 4.16. The van der Waals surface area contributed by atoms with Crippen LogP contribution in [0.5, 0.6) is 0 Å². The lowest BCUT2D eigenvalue weighted by molar-refractivity contribution is 0.0622. The van der Waals surface area contributed by atoms with Crippen molar-refractivity contribution in [3.05, 3.63) is 20.8 Å². The summed E-state index contributed by atoms with van der Waals surface area (Å²) in [5.41, 5.74) is 0. The lowest BCUT2D eigenvalue weighted by atomic mass is 9.84. The van der Waals surface area contributed by atoms with Gasteiger partial charge in [0.25, 0.3) is 5.91 Å². The van der Waals surface area contributed by atoms with Crippen molar-refractivity contribution in [1.29, 1.82) is 0 Å². The first kappa shape index (κ1) is 11.7. The molecule has 5 heteroatoms. The predicted molar refractivity (Wildman–Crippen MR) is 72.4 cm³/mol. The summed E-state index contributed by atoms with van der Waals surface area (Å²) in [4.78, 5) is 15.3. The van der Waals surface area contributed by atoms with E-state index in [4.69, 9.17) is 0 Å². The van der Waals surface area contributed by atoms with E-state index in [0.29, 0.717) is 12.0 Å². The lowest BCUT2D eigenvalue weighted by Gasteiger charge is -2.44. The highest BCUT2D eigenvalue weighted by molar-refractivity contribution is 9.11. The van der Waals surface area contributed by atoms with E-state index in [1.807, 2.05) is 12.1 Å². The molecule has 4 rings (SSSR count). The first-order valence-electron chi connectivity index (χ1n) is 6.01. The van der Waals surface area contributed by atoms with Crippen LogP contribution in [0.3, 0.4) is 0 Å². The standard InChI is InChI=1S/C12H15BrN2OS/c13-11-2-1-10(17-11)12(16)14-9-7-15-5-3-8(9)4-6-15/h1-2,8-9H,3-7H2,(H,14,16)/t9-/m0/s1. The van der Waals surface area contributed by atoms with Crippen molar-refractivity contribution in [1.82, 2.24) is 10.2 Å². The normalized spacial score (nSPS) is 31.5. The molecular weight excluding hydrogens is 300 g/mol. The molecule has 1 atom stereocenters. The van der Waals surface area contributed by atoms with Crippen LogP contribution in [-0.2, 0) is 0 Å². The quantitative estimate of drug-likeness (QED) is 0.908. The Hall–Kier alpha value is -0.390. The predicted octanol–water partition coefficient (Wildman–Crippen LogP) is 2.33. The van der Waals surface area contributed by atoms with Crippen LogP contribution in [0.1, 0.15) is 22.5 Å². The molecule has 3 nitrogen and oxygen atoms in total. The van der Waals surface area contributed by atoms with Crippen LogP contribution >= 0.6 is 27.3 Å². The minimum atomic E-state index is 0.0828. The van der Waals surface area contributed by atoms with Gasteiger partial charge < -0.3 is 10.2 Å². The highest BCUT2D eigenvalue weighted by atomic mass is 79.9. The molecule has 0 aromatic carbocycles. The Morgan fingerprint density at radius 1 is 1.41 bits per heavy atom. The zero-order valence-electron chi connectivity index (χ0n) is 9.49. The zero-order valence-corrected chi connectivity index (χ0v) is 11.9. The summed E-state index contributed by atoms with van der Waals surface area (Å²) in [5, 5.41) is 3.19. The summed E-state index contributed by atoms with van der Waals surface area (Å²) < 4.78 is 1.01. The maximum atomic E-state index is 12.1. The molecule has 92 valence electrons. The minimum absolute atomic E-state index is 0.0828. The van der Waals surface area contributed by atoms with Crippen LogP contribution in [0.4, 0.5) is 0 Å². The number of piperidine rings is 3. The summed E-state index contributed by atoms with van der Waals surface area (Å²) in [7, 11) is 0. The molecular formula is C12H15BrN2OS. The number of nitrogens with zero attached hydrogens (tertiary/aromatic N) is 1. The molecule has 0 radical (unpaired) electrons. The van der Waals surface area contributed by atoms with Gasteiger partial charge in [-0.1, -0.05) is 0 Å². The fraction of sp³-hybridized carbons (Fsp3) is 0.583. The maximum Gasteiger partial charge on any atom is 0.261 e. The van der Waals surface area contributed by atoms with Gasteiger partial charge in [-0.05, 0) is 59.9 Å². The van der Waals surface area contributed by atoms with E-state index in [-0.39, 0.29) is 5.91 Å². The van der Waals surface area contributed by atoms with Gasteiger partial charge in [0.2, 0.25) is 0 Å².